The molecule has 1 spiro atoms. The smallest absolute Gasteiger partial charge is 0.0295 e. The molecule has 0 aromatic carbocycles. The Bertz CT molecular complexity index is 129. The summed E-state index contributed by atoms with van der Waals surface area (Å²) in [5.74, 6) is 0. The maximum atomic E-state index is 9.19. The van der Waals surface area contributed by atoms with Gasteiger partial charge in [0.2, 0.25) is 0 Å². The zero-order valence-corrected chi connectivity index (χ0v) is 6.34. The van der Waals surface area contributed by atoms with Crippen molar-refractivity contribution in [3.8, 4) is 0 Å². The molecule has 1 saturated carbocycles. The molecule has 0 aromatic heterocycles. The third-order valence-electron chi connectivity index (χ3n) is 3.08. The Labute approximate surface area is 61.8 Å². The van der Waals surface area contributed by atoms with E-state index in [0.29, 0.717) is 5.41 Å². The van der Waals surface area contributed by atoms with Gasteiger partial charge in [-0.25, -0.2) is 0 Å². The molecular formula is C8H15NO. The Hall–Kier alpha value is -0.0800. The van der Waals surface area contributed by atoms with Gasteiger partial charge in [0.1, 0.15) is 0 Å². The first kappa shape index (κ1) is 6.62. The SMILES string of the molecule is ON1CCC2(CCCC2)C1. The quantitative estimate of drug-likeness (QED) is 0.554. The van der Waals surface area contributed by atoms with Crippen LogP contribution in [0.2, 0.25) is 0 Å². The standard InChI is InChI=1S/C8H15NO/c10-9-6-5-8(7-9)3-1-2-4-8/h10H,1-7H2. The Balaban J connectivity index is 2.03. The largest absolute Gasteiger partial charge is 0.314 e. The first-order valence-electron chi connectivity index (χ1n) is 4.25. The van der Waals surface area contributed by atoms with Gasteiger partial charge < -0.3 is 5.21 Å². The number of hydroxylamine groups is 2. The van der Waals surface area contributed by atoms with E-state index in [2.05, 4.69) is 0 Å². The van der Waals surface area contributed by atoms with Crippen LogP contribution in [0.5, 0.6) is 0 Å². The van der Waals surface area contributed by atoms with E-state index in [0.717, 1.165) is 13.1 Å². The molecule has 0 unspecified atom stereocenters. The van der Waals surface area contributed by atoms with Crippen LogP contribution < -0.4 is 0 Å². The van der Waals surface area contributed by atoms with Gasteiger partial charge in [0, 0.05) is 13.1 Å². The lowest BCUT2D eigenvalue weighted by molar-refractivity contribution is -0.0770. The molecule has 0 atom stereocenters. The van der Waals surface area contributed by atoms with Crippen LogP contribution in [0.3, 0.4) is 0 Å². The van der Waals surface area contributed by atoms with Crippen molar-refractivity contribution in [1.82, 2.24) is 5.06 Å². The highest BCUT2D eigenvalue weighted by molar-refractivity contribution is 4.90. The Morgan fingerprint density at radius 2 is 1.80 bits per heavy atom. The maximum Gasteiger partial charge on any atom is 0.0295 e. The van der Waals surface area contributed by atoms with E-state index in [4.69, 9.17) is 0 Å². The van der Waals surface area contributed by atoms with E-state index >= 15 is 0 Å². The highest BCUT2D eigenvalue weighted by Crippen LogP contribution is 2.44. The second-order valence-electron chi connectivity index (χ2n) is 3.85. The molecule has 2 rings (SSSR count). The van der Waals surface area contributed by atoms with Gasteiger partial charge in [-0.15, -0.1) is 0 Å². The summed E-state index contributed by atoms with van der Waals surface area (Å²) >= 11 is 0. The second kappa shape index (κ2) is 2.21. The fourth-order valence-electron chi connectivity index (χ4n) is 2.44. The van der Waals surface area contributed by atoms with Crippen LogP contribution in [0.25, 0.3) is 0 Å². The van der Waals surface area contributed by atoms with Gasteiger partial charge >= 0.3 is 0 Å². The number of hydrogen-bond donors (Lipinski definition) is 1. The zero-order valence-electron chi connectivity index (χ0n) is 6.34. The fourth-order valence-corrected chi connectivity index (χ4v) is 2.44. The van der Waals surface area contributed by atoms with Gasteiger partial charge in [0.25, 0.3) is 0 Å². The third-order valence-corrected chi connectivity index (χ3v) is 3.08. The van der Waals surface area contributed by atoms with Crippen molar-refractivity contribution in [2.24, 2.45) is 5.41 Å². The molecule has 1 saturated heterocycles. The average Bonchev–Trinajstić information content (AvgIpc) is 2.46. The summed E-state index contributed by atoms with van der Waals surface area (Å²) in [6.45, 7) is 1.84. The summed E-state index contributed by atoms with van der Waals surface area (Å²) in [7, 11) is 0. The highest BCUT2D eigenvalue weighted by Gasteiger charge is 2.39. The van der Waals surface area contributed by atoms with E-state index in [-0.39, 0.29) is 0 Å². The number of hydrogen-bond acceptors (Lipinski definition) is 2. The van der Waals surface area contributed by atoms with Crippen molar-refractivity contribution in [2.75, 3.05) is 13.1 Å². The monoisotopic (exact) mass is 141 g/mol. The van der Waals surface area contributed by atoms with Gasteiger partial charge in [-0.1, -0.05) is 12.8 Å². The molecule has 0 amide bonds. The van der Waals surface area contributed by atoms with Crippen molar-refractivity contribution in [2.45, 2.75) is 32.1 Å². The van der Waals surface area contributed by atoms with Crippen LogP contribution in [-0.2, 0) is 0 Å². The third kappa shape index (κ3) is 0.956. The van der Waals surface area contributed by atoms with Crippen molar-refractivity contribution in [3.63, 3.8) is 0 Å². The molecule has 1 aliphatic heterocycles. The molecule has 1 aliphatic carbocycles. The van der Waals surface area contributed by atoms with Crippen LogP contribution in [0.15, 0.2) is 0 Å². The predicted octanol–water partition coefficient (Wildman–Crippen LogP) is 1.64. The lowest BCUT2D eigenvalue weighted by Gasteiger charge is -2.20. The molecule has 1 N–H and O–H groups in total. The van der Waals surface area contributed by atoms with E-state index < -0.39 is 0 Å². The van der Waals surface area contributed by atoms with Gasteiger partial charge in [0.05, 0.1) is 0 Å². The molecule has 2 nitrogen and oxygen atoms in total. The Kier molecular flexibility index (Phi) is 1.46. The summed E-state index contributed by atoms with van der Waals surface area (Å²) in [5, 5.41) is 10.7. The topological polar surface area (TPSA) is 23.5 Å². The van der Waals surface area contributed by atoms with Gasteiger partial charge in [-0.2, -0.15) is 5.06 Å². The van der Waals surface area contributed by atoms with Crippen molar-refractivity contribution >= 4 is 0 Å². The van der Waals surface area contributed by atoms with Crippen LogP contribution in [0.4, 0.5) is 0 Å². The first-order valence-corrected chi connectivity index (χ1v) is 4.25. The molecule has 58 valence electrons. The van der Waals surface area contributed by atoms with Crippen LogP contribution >= 0.6 is 0 Å². The fraction of sp³-hybridized carbons (Fsp3) is 1.00. The van der Waals surface area contributed by atoms with Gasteiger partial charge in [0.15, 0.2) is 0 Å². The second-order valence-corrected chi connectivity index (χ2v) is 3.85. The zero-order chi connectivity index (χ0) is 7.03. The van der Waals surface area contributed by atoms with Crippen molar-refractivity contribution in [3.05, 3.63) is 0 Å². The molecule has 1 heterocycles. The van der Waals surface area contributed by atoms with Crippen LogP contribution in [0.1, 0.15) is 32.1 Å². The van der Waals surface area contributed by atoms with Crippen LogP contribution in [-0.4, -0.2) is 23.4 Å². The van der Waals surface area contributed by atoms with Gasteiger partial charge in [-0.05, 0) is 24.7 Å². The minimum atomic E-state index is 0.536. The highest BCUT2D eigenvalue weighted by atomic mass is 16.5. The molecule has 2 fully saturated rings. The lowest BCUT2D eigenvalue weighted by Crippen LogP contribution is -2.21. The van der Waals surface area contributed by atoms with Crippen molar-refractivity contribution < 1.29 is 5.21 Å². The first-order chi connectivity index (χ1) is 4.81. The minimum Gasteiger partial charge on any atom is -0.314 e. The molecule has 10 heavy (non-hydrogen) atoms. The number of rotatable bonds is 0. The molecular weight excluding hydrogens is 126 g/mol. The van der Waals surface area contributed by atoms with Crippen molar-refractivity contribution in [1.29, 1.82) is 0 Å². The minimum absolute atomic E-state index is 0.536. The predicted molar refractivity (Wildman–Crippen MR) is 38.9 cm³/mol. The summed E-state index contributed by atoms with van der Waals surface area (Å²) in [4.78, 5) is 0. The Morgan fingerprint density at radius 3 is 2.30 bits per heavy atom. The Morgan fingerprint density at radius 1 is 1.10 bits per heavy atom. The van der Waals surface area contributed by atoms with E-state index in [9.17, 15) is 5.21 Å². The maximum absolute atomic E-state index is 9.19. The lowest BCUT2D eigenvalue weighted by atomic mass is 9.86. The summed E-state index contributed by atoms with van der Waals surface area (Å²) in [6.07, 6.45) is 6.69. The van der Waals surface area contributed by atoms with E-state index in [1.165, 1.54) is 37.2 Å². The van der Waals surface area contributed by atoms with Gasteiger partial charge in [-0.3, -0.25) is 0 Å². The summed E-state index contributed by atoms with van der Waals surface area (Å²) in [5.41, 5.74) is 0.536. The average molecular weight is 141 g/mol. The molecule has 2 aliphatic rings. The number of nitrogens with zero attached hydrogens (tertiary/aromatic N) is 1. The van der Waals surface area contributed by atoms with Crippen LogP contribution in [0, 0.1) is 5.41 Å². The van der Waals surface area contributed by atoms with E-state index in [1.807, 2.05) is 0 Å². The molecule has 0 aromatic rings. The molecule has 2 heteroatoms. The van der Waals surface area contributed by atoms with E-state index in [1.54, 1.807) is 0 Å². The molecule has 0 radical (unpaired) electrons. The summed E-state index contributed by atoms with van der Waals surface area (Å²) < 4.78 is 0. The summed E-state index contributed by atoms with van der Waals surface area (Å²) in [6, 6.07) is 0. The molecule has 0 bridgehead atoms. The normalized spacial score (nSPS) is 32.1.